The third kappa shape index (κ3) is 4.00. The summed E-state index contributed by atoms with van der Waals surface area (Å²) in [4.78, 5) is 16.3. The maximum atomic E-state index is 12.3. The van der Waals surface area contributed by atoms with Gasteiger partial charge in [0.1, 0.15) is 0 Å². The quantitative estimate of drug-likeness (QED) is 0.830. The van der Waals surface area contributed by atoms with E-state index in [1.807, 2.05) is 18.2 Å². The molecule has 118 valence electrons. The molecule has 0 aliphatic carbocycles. The molecule has 2 rings (SSSR count). The molecule has 0 radical (unpaired) electrons. The Hall–Kier alpha value is -2.03. The van der Waals surface area contributed by atoms with Gasteiger partial charge < -0.3 is 15.3 Å². The van der Waals surface area contributed by atoms with Gasteiger partial charge in [-0.05, 0) is 24.6 Å². The Morgan fingerprint density at radius 3 is 2.73 bits per heavy atom. The van der Waals surface area contributed by atoms with Gasteiger partial charge >= 0.3 is 6.03 Å². The summed E-state index contributed by atoms with van der Waals surface area (Å²) >= 11 is 0. The van der Waals surface area contributed by atoms with Gasteiger partial charge in [-0.2, -0.15) is 0 Å². The lowest BCUT2D eigenvalue weighted by Gasteiger charge is -2.38. The van der Waals surface area contributed by atoms with Gasteiger partial charge in [0.15, 0.2) is 0 Å². The van der Waals surface area contributed by atoms with Crippen molar-refractivity contribution < 1.29 is 9.90 Å². The number of nitrogens with zero attached hydrogens (tertiary/aromatic N) is 2. The van der Waals surface area contributed by atoms with Crippen LogP contribution in [-0.2, 0) is 0 Å². The average molecular weight is 301 g/mol. The predicted octanol–water partition coefficient (Wildman–Crippen LogP) is 1.59. The molecule has 0 bridgehead atoms. The molecule has 22 heavy (non-hydrogen) atoms. The number of benzene rings is 1. The normalized spacial score (nSPS) is 16.9. The minimum Gasteiger partial charge on any atom is -0.395 e. The minimum absolute atomic E-state index is 0.106. The van der Waals surface area contributed by atoms with Crippen LogP contribution in [0.15, 0.2) is 24.3 Å². The molecule has 1 saturated heterocycles. The highest BCUT2D eigenvalue weighted by molar-refractivity contribution is 5.89. The average Bonchev–Trinajstić information content (AvgIpc) is 2.56. The molecule has 1 aliphatic rings. The standard InChI is InChI=1S/C17H23N3O2/c1-3-14-6-5-7-15(12-14)18-17(22)20-10-8-19(9-11-20)16(4-2)13-21/h1,5-7,12,16,21H,4,8-11,13H2,2H3,(H,18,22). The van der Waals surface area contributed by atoms with Crippen molar-refractivity contribution in [3.8, 4) is 12.3 Å². The van der Waals surface area contributed by atoms with Crippen molar-refractivity contribution in [2.75, 3.05) is 38.1 Å². The van der Waals surface area contributed by atoms with Gasteiger partial charge in [0.05, 0.1) is 6.61 Å². The number of aliphatic hydroxyl groups is 1. The van der Waals surface area contributed by atoms with Gasteiger partial charge in [0.2, 0.25) is 0 Å². The maximum absolute atomic E-state index is 12.3. The van der Waals surface area contributed by atoms with Gasteiger partial charge in [0, 0.05) is 43.5 Å². The van der Waals surface area contributed by atoms with E-state index < -0.39 is 0 Å². The number of piperazine rings is 1. The van der Waals surface area contributed by atoms with Crippen LogP contribution in [0.2, 0.25) is 0 Å². The van der Waals surface area contributed by atoms with Gasteiger partial charge in [-0.25, -0.2) is 4.79 Å². The zero-order valence-corrected chi connectivity index (χ0v) is 13.0. The summed E-state index contributed by atoms with van der Waals surface area (Å²) in [6.45, 7) is 5.14. The number of terminal acetylenes is 1. The van der Waals surface area contributed by atoms with E-state index in [4.69, 9.17) is 6.42 Å². The third-order valence-corrected chi connectivity index (χ3v) is 4.08. The lowest BCUT2D eigenvalue weighted by Crippen LogP contribution is -2.53. The Kier molecular flexibility index (Phi) is 5.82. The zero-order valence-electron chi connectivity index (χ0n) is 13.0. The lowest BCUT2D eigenvalue weighted by molar-refractivity contribution is 0.0766. The molecule has 1 atom stereocenters. The fourth-order valence-electron chi connectivity index (χ4n) is 2.68. The second kappa shape index (κ2) is 7.83. The second-order valence-corrected chi connectivity index (χ2v) is 5.42. The number of carbonyl (C=O) groups is 1. The SMILES string of the molecule is C#Cc1cccc(NC(=O)N2CCN(C(CC)CO)CC2)c1. The molecule has 1 fully saturated rings. The fourth-order valence-corrected chi connectivity index (χ4v) is 2.68. The number of rotatable bonds is 4. The van der Waals surface area contributed by atoms with Crippen molar-refractivity contribution >= 4 is 11.7 Å². The highest BCUT2D eigenvalue weighted by Crippen LogP contribution is 2.13. The summed E-state index contributed by atoms with van der Waals surface area (Å²) in [5, 5.41) is 12.2. The summed E-state index contributed by atoms with van der Waals surface area (Å²) in [7, 11) is 0. The van der Waals surface area contributed by atoms with Gasteiger partial charge in [-0.15, -0.1) is 6.42 Å². The van der Waals surface area contributed by atoms with E-state index in [1.165, 1.54) is 0 Å². The number of anilines is 1. The van der Waals surface area contributed by atoms with E-state index in [0.717, 1.165) is 25.1 Å². The fraction of sp³-hybridized carbons (Fsp3) is 0.471. The molecule has 1 aliphatic heterocycles. The number of hydrogen-bond donors (Lipinski definition) is 2. The number of carbonyl (C=O) groups excluding carboxylic acids is 1. The highest BCUT2D eigenvalue weighted by atomic mass is 16.3. The van der Waals surface area contributed by atoms with Crippen molar-refractivity contribution in [1.82, 2.24) is 9.80 Å². The van der Waals surface area contributed by atoms with E-state index in [2.05, 4.69) is 23.1 Å². The van der Waals surface area contributed by atoms with Crippen LogP contribution < -0.4 is 5.32 Å². The number of nitrogens with one attached hydrogen (secondary N) is 1. The van der Waals surface area contributed by atoms with Crippen LogP contribution in [0.1, 0.15) is 18.9 Å². The molecule has 1 heterocycles. The van der Waals surface area contributed by atoms with Crippen LogP contribution in [0.25, 0.3) is 0 Å². The molecular formula is C17H23N3O2. The molecule has 5 heteroatoms. The Bertz CT molecular complexity index is 541. The van der Waals surface area contributed by atoms with Crippen LogP contribution in [-0.4, -0.2) is 59.8 Å². The van der Waals surface area contributed by atoms with Crippen molar-refractivity contribution in [1.29, 1.82) is 0 Å². The largest absolute Gasteiger partial charge is 0.395 e. The first-order valence-corrected chi connectivity index (χ1v) is 7.65. The first-order chi connectivity index (χ1) is 10.7. The molecule has 1 aromatic carbocycles. The molecular weight excluding hydrogens is 278 g/mol. The predicted molar refractivity (Wildman–Crippen MR) is 87.7 cm³/mol. The maximum Gasteiger partial charge on any atom is 0.321 e. The smallest absolute Gasteiger partial charge is 0.321 e. The van der Waals surface area contributed by atoms with Gasteiger partial charge in [0.25, 0.3) is 0 Å². The first kappa shape index (κ1) is 16.3. The molecule has 0 saturated carbocycles. The number of hydrogen-bond acceptors (Lipinski definition) is 3. The summed E-state index contributed by atoms with van der Waals surface area (Å²) < 4.78 is 0. The van der Waals surface area contributed by atoms with Crippen LogP contribution in [0, 0.1) is 12.3 Å². The molecule has 2 N–H and O–H groups in total. The van der Waals surface area contributed by atoms with Gasteiger partial charge in [-0.3, -0.25) is 4.90 Å². The minimum atomic E-state index is -0.106. The number of amides is 2. The van der Waals surface area contributed by atoms with E-state index in [0.29, 0.717) is 18.8 Å². The Morgan fingerprint density at radius 1 is 1.41 bits per heavy atom. The zero-order chi connectivity index (χ0) is 15.9. The van der Waals surface area contributed by atoms with Crippen LogP contribution in [0.4, 0.5) is 10.5 Å². The lowest BCUT2D eigenvalue weighted by atomic mass is 10.1. The Morgan fingerprint density at radius 2 is 2.14 bits per heavy atom. The molecule has 1 unspecified atom stereocenters. The number of aliphatic hydroxyl groups excluding tert-OH is 1. The summed E-state index contributed by atoms with van der Waals surface area (Å²) in [5.41, 5.74) is 1.46. The van der Waals surface area contributed by atoms with E-state index in [-0.39, 0.29) is 18.7 Å². The Balaban J connectivity index is 1.88. The summed E-state index contributed by atoms with van der Waals surface area (Å²) in [5.74, 6) is 2.56. The molecule has 2 amide bonds. The van der Waals surface area contributed by atoms with Crippen molar-refractivity contribution in [3.05, 3.63) is 29.8 Å². The van der Waals surface area contributed by atoms with Crippen LogP contribution in [0.3, 0.4) is 0 Å². The van der Waals surface area contributed by atoms with Crippen molar-refractivity contribution in [2.45, 2.75) is 19.4 Å². The van der Waals surface area contributed by atoms with E-state index >= 15 is 0 Å². The highest BCUT2D eigenvalue weighted by Gasteiger charge is 2.24. The Labute approximate surface area is 131 Å². The number of urea groups is 1. The second-order valence-electron chi connectivity index (χ2n) is 5.42. The monoisotopic (exact) mass is 301 g/mol. The van der Waals surface area contributed by atoms with Gasteiger partial charge in [-0.1, -0.05) is 18.9 Å². The molecule has 0 spiro atoms. The first-order valence-electron chi connectivity index (χ1n) is 7.65. The van der Waals surface area contributed by atoms with E-state index in [9.17, 15) is 9.90 Å². The van der Waals surface area contributed by atoms with Crippen LogP contribution in [0.5, 0.6) is 0 Å². The van der Waals surface area contributed by atoms with Crippen LogP contribution >= 0.6 is 0 Å². The van der Waals surface area contributed by atoms with E-state index in [1.54, 1.807) is 11.0 Å². The van der Waals surface area contributed by atoms with Crippen molar-refractivity contribution in [3.63, 3.8) is 0 Å². The third-order valence-electron chi connectivity index (χ3n) is 4.08. The summed E-state index contributed by atoms with van der Waals surface area (Å²) in [6, 6.07) is 7.36. The van der Waals surface area contributed by atoms with Crippen molar-refractivity contribution in [2.24, 2.45) is 0 Å². The topological polar surface area (TPSA) is 55.8 Å². The molecule has 1 aromatic rings. The molecule has 0 aromatic heterocycles. The summed E-state index contributed by atoms with van der Waals surface area (Å²) in [6.07, 6.45) is 6.28. The molecule has 5 nitrogen and oxygen atoms in total.